The summed E-state index contributed by atoms with van der Waals surface area (Å²) >= 11 is 0. The van der Waals surface area contributed by atoms with Crippen LogP contribution in [-0.2, 0) is 4.79 Å². The van der Waals surface area contributed by atoms with Crippen molar-refractivity contribution in [2.24, 2.45) is 5.41 Å². The molecule has 4 amide bonds. The van der Waals surface area contributed by atoms with E-state index in [0.29, 0.717) is 55.2 Å². The molecule has 3 aliphatic heterocycles. The molecule has 3 aliphatic rings. The molecule has 2 aromatic carbocycles. The second kappa shape index (κ2) is 12.0. The number of likely N-dealkylation sites (tertiary alicyclic amines) is 1. The van der Waals surface area contributed by atoms with Crippen LogP contribution in [0.5, 0.6) is 17.2 Å². The number of benzene rings is 2. The first-order chi connectivity index (χ1) is 19.8. The summed E-state index contributed by atoms with van der Waals surface area (Å²) < 4.78 is 17.3. The van der Waals surface area contributed by atoms with Crippen molar-refractivity contribution in [3.8, 4) is 17.2 Å². The highest BCUT2D eigenvalue weighted by molar-refractivity contribution is 6.03. The smallest absolute Gasteiger partial charge is 0.327 e. The van der Waals surface area contributed by atoms with Crippen LogP contribution >= 0.6 is 0 Å². The molecule has 0 aliphatic carbocycles. The van der Waals surface area contributed by atoms with E-state index in [9.17, 15) is 14.4 Å². The Morgan fingerprint density at radius 1 is 1.00 bits per heavy atom. The van der Waals surface area contributed by atoms with Gasteiger partial charge in [0.2, 0.25) is 12.7 Å². The van der Waals surface area contributed by atoms with Crippen LogP contribution in [0.15, 0.2) is 42.5 Å². The third-order valence-corrected chi connectivity index (χ3v) is 8.65. The average Bonchev–Trinajstić information content (AvgIpc) is 3.46. The third-order valence-electron chi connectivity index (χ3n) is 8.65. The number of carbonyl (C=O) groups excluding carboxylic acids is 3. The summed E-state index contributed by atoms with van der Waals surface area (Å²) in [7, 11) is 2.05. The van der Waals surface area contributed by atoms with Crippen molar-refractivity contribution in [1.82, 2.24) is 20.0 Å². The highest BCUT2D eigenvalue weighted by Gasteiger charge is 2.63. The number of rotatable bonds is 9. The van der Waals surface area contributed by atoms with Crippen LogP contribution in [0.25, 0.3) is 0 Å². The van der Waals surface area contributed by atoms with Gasteiger partial charge in [-0.25, -0.2) is 9.69 Å². The Morgan fingerprint density at radius 3 is 2.34 bits per heavy atom. The van der Waals surface area contributed by atoms with Crippen molar-refractivity contribution in [1.29, 1.82) is 0 Å². The average molecular weight is 565 g/mol. The van der Waals surface area contributed by atoms with Crippen molar-refractivity contribution in [3.05, 3.63) is 53.6 Å². The minimum Gasteiger partial charge on any atom is -0.469 e. The highest BCUT2D eigenvalue weighted by atomic mass is 16.7. The van der Waals surface area contributed by atoms with Gasteiger partial charge in [-0.05, 0) is 68.3 Å². The van der Waals surface area contributed by atoms with Gasteiger partial charge in [0.15, 0.2) is 17.7 Å². The molecule has 2 atom stereocenters. The number of fused-ring (bicyclic) bond motifs is 1. The van der Waals surface area contributed by atoms with E-state index in [-0.39, 0.29) is 24.6 Å². The number of β-lactam (4-membered cyclic amide) rings is 1. The minimum atomic E-state index is -0.801. The van der Waals surface area contributed by atoms with E-state index in [2.05, 4.69) is 17.3 Å². The number of imide groups is 1. The molecule has 5 rings (SSSR count). The Kier molecular flexibility index (Phi) is 8.40. The number of hydrogen-bond acceptors (Lipinski definition) is 7. The van der Waals surface area contributed by atoms with E-state index in [1.54, 1.807) is 24.3 Å². The summed E-state index contributed by atoms with van der Waals surface area (Å²) in [5.74, 6) is 1.57. The second-order valence-corrected chi connectivity index (χ2v) is 11.0. The van der Waals surface area contributed by atoms with Gasteiger partial charge in [-0.1, -0.05) is 33.3 Å². The van der Waals surface area contributed by atoms with Crippen molar-refractivity contribution < 1.29 is 28.6 Å². The van der Waals surface area contributed by atoms with E-state index < -0.39 is 17.7 Å². The maximum Gasteiger partial charge on any atom is 0.327 e. The van der Waals surface area contributed by atoms with Crippen molar-refractivity contribution in [2.75, 3.05) is 40.0 Å². The predicted octanol–water partition coefficient (Wildman–Crippen LogP) is 4.41. The topological polar surface area (TPSA) is 101 Å². The molecule has 2 fully saturated rings. The maximum atomic E-state index is 13.6. The first-order valence-corrected chi connectivity index (χ1v) is 14.6. The first-order valence-electron chi connectivity index (χ1n) is 14.6. The fourth-order valence-electron chi connectivity index (χ4n) is 5.86. The quantitative estimate of drug-likeness (QED) is 0.451. The molecule has 220 valence electrons. The molecule has 1 N–H and O–H groups in total. The number of urea groups is 1. The van der Waals surface area contributed by atoms with E-state index in [0.717, 1.165) is 25.1 Å². The molecular weight excluding hydrogens is 524 g/mol. The minimum absolute atomic E-state index is 0.00794. The van der Waals surface area contributed by atoms with Gasteiger partial charge in [-0.3, -0.25) is 9.59 Å². The fraction of sp³-hybridized carbons (Fsp3) is 0.516. The van der Waals surface area contributed by atoms with Crippen LogP contribution in [0.4, 0.5) is 4.79 Å². The molecule has 0 aromatic heterocycles. The molecule has 3 heterocycles. The lowest BCUT2D eigenvalue weighted by Gasteiger charge is -2.53. The van der Waals surface area contributed by atoms with Gasteiger partial charge in [-0.15, -0.1) is 0 Å². The van der Waals surface area contributed by atoms with E-state index in [1.165, 1.54) is 4.90 Å². The number of nitrogens with zero attached hydrogens (tertiary/aromatic N) is 3. The first kappa shape index (κ1) is 28.7. The zero-order valence-corrected chi connectivity index (χ0v) is 24.4. The number of nitrogens with one attached hydrogen (secondary N) is 1. The summed E-state index contributed by atoms with van der Waals surface area (Å²) in [6, 6.07) is 11.8. The number of ether oxygens (including phenoxy) is 3. The molecule has 2 saturated heterocycles. The number of amides is 4. The maximum absolute atomic E-state index is 13.6. The van der Waals surface area contributed by atoms with Gasteiger partial charge in [0.05, 0.1) is 6.04 Å². The third kappa shape index (κ3) is 5.45. The van der Waals surface area contributed by atoms with Gasteiger partial charge in [0.25, 0.3) is 5.91 Å². The van der Waals surface area contributed by atoms with Gasteiger partial charge in [0.1, 0.15) is 11.2 Å². The summed E-state index contributed by atoms with van der Waals surface area (Å²) in [5, 5.41) is 3.06. The van der Waals surface area contributed by atoms with Crippen LogP contribution in [0.2, 0.25) is 0 Å². The largest absolute Gasteiger partial charge is 0.469 e. The zero-order valence-electron chi connectivity index (χ0n) is 24.4. The van der Waals surface area contributed by atoms with Crippen molar-refractivity contribution in [3.63, 3.8) is 0 Å². The Balaban J connectivity index is 1.31. The van der Waals surface area contributed by atoms with E-state index >= 15 is 0 Å². The molecular formula is C31H40N4O6. The molecule has 2 aromatic rings. The van der Waals surface area contributed by atoms with Gasteiger partial charge in [0, 0.05) is 31.7 Å². The molecule has 0 radical (unpaired) electrons. The molecule has 41 heavy (non-hydrogen) atoms. The van der Waals surface area contributed by atoms with Crippen LogP contribution < -0.4 is 19.5 Å². The zero-order chi connectivity index (χ0) is 29.1. The monoisotopic (exact) mass is 564 g/mol. The van der Waals surface area contributed by atoms with E-state index in [4.69, 9.17) is 14.2 Å². The number of likely N-dealkylation sites (N-methyl/N-ethyl adjacent to an activating group) is 1. The fourth-order valence-corrected chi connectivity index (χ4v) is 5.86. The molecule has 0 unspecified atom stereocenters. The van der Waals surface area contributed by atoms with Crippen molar-refractivity contribution in [2.45, 2.75) is 58.7 Å². The van der Waals surface area contributed by atoms with Crippen LogP contribution in [0.1, 0.15) is 68.4 Å². The Morgan fingerprint density at radius 2 is 1.68 bits per heavy atom. The van der Waals surface area contributed by atoms with Gasteiger partial charge in [-0.2, -0.15) is 0 Å². The molecule has 10 nitrogen and oxygen atoms in total. The standard InChI is InChI=1S/C31H40N4O6/c1-5-8-24(22-11-14-25-26(19-22)40-20-39-25)32-30(38)35-28(37)31(6-2,7-3)29(35)41-23-12-9-21(10-13-23)27(36)34-17-15-33(4)16-18-34/h9-14,19,24,29H,5-8,15-18,20H2,1-4H3,(H,32,38)/t24-,29+/m0/s1. The molecule has 0 saturated carbocycles. The SMILES string of the molecule is CCC[C@H](NC(=O)N1C(=O)C(CC)(CC)[C@H]1Oc1ccc(C(=O)N2CCN(C)CC2)cc1)c1ccc2c(c1)OCO2. The number of hydrogen-bond donors (Lipinski definition) is 1. The normalized spacial score (nSPS) is 20.4. The number of piperazine rings is 1. The summed E-state index contributed by atoms with van der Waals surface area (Å²) in [5.41, 5.74) is 0.669. The molecule has 10 heteroatoms. The number of carbonyl (C=O) groups is 3. The van der Waals surface area contributed by atoms with E-state index in [1.807, 2.05) is 43.9 Å². The highest BCUT2D eigenvalue weighted by Crippen LogP contribution is 2.46. The lowest BCUT2D eigenvalue weighted by atomic mass is 9.72. The summed E-state index contributed by atoms with van der Waals surface area (Å²) in [6.07, 6.45) is 1.84. The van der Waals surface area contributed by atoms with Crippen LogP contribution in [-0.4, -0.2) is 78.8 Å². The Labute approximate surface area is 241 Å². The predicted molar refractivity (Wildman–Crippen MR) is 153 cm³/mol. The van der Waals surface area contributed by atoms with Crippen molar-refractivity contribution >= 4 is 17.8 Å². The van der Waals surface area contributed by atoms with Crippen LogP contribution in [0.3, 0.4) is 0 Å². The summed E-state index contributed by atoms with van der Waals surface area (Å²) in [6.45, 7) is 9.20. The Hall–Kier alpha value is -3.79. The van der Waals surface area contributed by atoms with Crippen LogP contribution in [0, 0.1) is 5.41 Å². The summed E-state index contributed by atoms with van der Waals surface area (Å²) in [4.78, 5) is 45.3. The lowest BCUT2D eigenvalue weighted by molar-refractivity contribution is -0.191. The molecule has 0 spiro atoms. The lowest BCUT2D eigenvalue weighted by Crippen LogP contribution is -2.73. The second-order valence-electron chi connectivity index (χ2n) is 11.0. The molecule has 0 bridgehead atoms. The van der Waals surface area contributed by atoms with Gasteiger partial charge < -0.3 is 29.3 Å². The Bertz CT molecular complexity index is 1270. The van der Waals surface area contributed by atoms with Gasteiger partial charge >= 0.3 is 6.03 Å².